The Balaban J connectivity index is 0.000000192. The number of primary amides is 2. The monoisotopic (exact) mass is 1010 g/mol. The molecule has 3 aromatic carbocycles. The van der Waals surface area contributed by atoms with Gasteiger partial charge in [0.05, 0.1) is 31.9 Å². The van der Waals surface area contributed by atoms with E-state index < -0.39 is 11.8 Å². The molecular formula is C50H57N17O7. The number of ether oxygens (including phenoxy) is 2. The summed E-state index contributed by atoms with van der Waals surface area (Å²) >= 11 is 0. The molecule has 4 saturated heterocycles. The van der Waals surface area contributed by atoms with Gasteiger partial charge in [-0.3, -0.25) is 29.0 Å². The maximum absolute atomic E-state index is 13.0. The normalized spacial score (nSPS) is 17.9. The number of aromatic nitrogens is 7. The Hall–Kier alpha value is -8.48. The summed E-state index contributed by atoms with van der Waals surface area (Å²) in [5, 5.41) is 26.4. The molecule has 3 aromatic heterocycles. The Morgan fingerprint density at radius 2 is 1.08 bits per heavy atom. The fraction of sp³-hybridized carbons (Fsp3) is 0.360. The maximum atomic E-state index is 13.0. The van der Waals surface area contributed by atoms with Crippen molar-refractivity contribution in [3.8, 4) is 0 Å². The maximum Gasteiger partial charge on any atom is 0.273 e. The molecule has 0 saturated carbocycles. The van der Waals surface area contributed by atoms with Gasteiger partial charge in [0.15, 0.2) is 23.0 Å². The number of benzene rings is 3. The number of carbonyl (C=O) groups excluding carboxylic acids is 5. The van der Waals surface area contributed by atoms with Crippen LogP contribution in [0.3, 0.4) is 0 Å². The molecule has 384 valence electrons. The minimum atomic E-state index is -0.775. The molecular weight excluding hydrogens is 951 g/mol. The van der Waals surface area contributed by atoms with Crippen LogP contribution in [0.25, 0.3) is 10.9 Å². The van der Waals surface area contributed by atoms with Crippen LogP contribution < -0.4 is 43.0 Å². The van der Waals surface area contributed by atoms with Crippen molar-refractivity contribution in [2.75, 3.05) is 99.2 Å². The highest BCUT2D eigenvalue weighted by Gasteiger charge is 2.27. The number of hydrogen-bond acceptors (Lipinski definition) is 19. The number of piperidine rings is 2. The van der Waals surface area contributed by atoms with Crippen LogP contribution in [0.4, 0.5) is 34.9 Å². The van der Waals surface area contributed by atoms with Gasteiger partial charge in [-0.05, 0) is 98.5 Å². The van der Waals surface area contributed by atoms with Gasteiger partial charge in [0, 0.05) is 104 Å². The molecule has 0 radical (unpaired) electrons. The summed E-state index contributed by atoms with van der Waals surface area (Å²) in [6.07, 6.45) is 5.20. The first kappa shape index (κ1) is 50.5. The van der Waals surface area contributed by atoms with Crippen LogP contribution in [-0.2, 0) is 9.47 Å². The third-order valence-electron chi connectivity index (χ3n) is 12.8. The molecule has 0 aliphatic carbocycles. The predicted molar refractivity (Wildman–Crippen MR) is 273 cm³/mol. The largest absolute Gasteiger partial charge is 0.378 e. The first-order chi connectivity index (χ1) is 35.9. The number of nitrogens with zero attached hydrogens (tertiary/aromatic N) is 11. The molecule has 74 heavy (non-hydrogen) atoms. The Bertz CT molecular complexity index is 2990. The van der Waals surface area contributed by atoms with E-state index in [1.54, 1.807) is 70.6 Å². The Morgan fingerprint density at radius 1 is 0.581 bits per heavy atom. The van der Waals surface area contributed by atoms with Crippen LogP contribution in [0.15, 0.2) is 85.1 Å². The highest BCUT2D eigenvalue weighted by molar-refractivity contribution is 5.99. The average molecular weight is 1010 g/mol. The molecule has 6 aromatic rings. The molecule has 2 atom stereocenters. The zero-order valence-electron chi connectivity index (χ0n) is 40.6. The van der Waals surface area contributed by atoms with Crippen LogP contribution in [0.2, 0.25) is 0 Å². The predicted octanol–water partition coefficient (Wildman–Crippen LogP) is 2.25. The van der Waals surface area contributed by atoms with Crippen LogP contribution in [-0.4, -0.2) is 166 Å². The number of hydrogen-bond donors (Lipinski definition) is 6. The van der Waals surface area contributed by atoms with Gasteiger partial charge in [0.1, 0.15) is 0 Å². The van der Waals surface area contributed by atoms with E-state index in [0.29, 0.717) is 112 Å². The van der Waals surface area contributed by atoms with Crippen LogP contribution >= 0.6 is 0 Å². The molecule has 0 spiro atoms. The molecule has 10 rings (SSSR count). The van der Waals surface area contributed by atoms with Crippen LogP contribution in [0.5, 0.6) is 0 Å². The number of amides is 5. The topological polar surface area (TPSA) is 321 Å². The smallest absolute Gasteiger partial charge is 0.273 e. The van der Waals surface area contributed by atoms with Gasteiger partial charge in [0.2, 0.25) is 11.9 Å². The lowest BCUT2D eigenvalue weighted by atomic mass is 10.0. The summed E-state index contributed by atoms with van der Waals surface area (Å²) in [4.78, 5) is 83.1. The summed E-state index contributed by atoms with van der Waals surface area (Å²) in [6, 6.07) is 22.9. The van der Waals surface area contributed by atoms with Gasteiger partial charge in [-0.25, -0.2) is 0 Å². The van der Waals surface area contributed by atoms with Crippen molar-refractivity contribution < 1.29 is 33.4 Å². The lowest BCUT2D eigenvalue weighted by molar-refractivity contribution is 0.0301. The fourth-order valence-corrected chi connectivity index (χ4v) is 8.93. The summed E-state index contributed by atoms with van der Waals surface area (Å²) in [5.74, 6) is -0.721. The van der Waals surface area contributed by atoms with Gasteiger partial charge in [-0.15, -0.1) is 20.4 Å². The molecule has 7 heterocycles. The van der Waals surface area contributed by atoms with Crippen molar-refractivity contribution in [2.45, 2.75) is 37.8 Å². The number of anilines is 6. The van der Waals surface area contributed by atoms with Gasteiger partial charge in [0.25, 0.3) is 29.5 Å². The third kappa shape index (κ3) is 12.4. The van der Waals surface area contributed by atoms with E-state index in [-0.39, 0.29) is 52.8 Å². The first-order valence-corrected chi connectivity index (χ1v) is 24.4. The summed E-state index contributed by atoms with van der Waals surface area (Å²) in [7, 11) is 0. The molecule has 5 amide bonds. The minimum absolute atomic E-state index is 0.0416. The van der Waals surface area contributed by atoms with E-state index in [4.69, 9.17) is 26.7 Å². The van der Waals surface area contributed by atoms with Crippen LogP contribution in [0.1, 0.15) is 77.7 Å². The summed E-state index contributed by atoms with van der Waals surface area (Å²) in [5.41, 5.74) is 20.6. The van der Waals surface area contributed by atoms with Gasteiger partial charge in [-0.2, -0.15) is 9.97 Å². The van der Waals surface area contributed by atoms with Gasteiger partial charge >= 0.3 is 0 Å². The Kier molecular flexibility index (Phi) is 15.9. The van der Waals surface area contributed by atoms with E-state index >= 15 is 0 Å². The van der Waals surface area contributed by atoms with E-state index in [9.17, 15) is 24.0 Å². The second kappa shape index (κ2) is 23.4. The summed E-state index contributed by atoms with van der Waals surface area (Å²) < 4.78 is 10.6. The molecule has 9 N–H and O–H groups in total. The average Bonchev–Trinajstić information content (AvgIpc) is 3.43. The molecule has 24 nitrogen and oxygen atoms in total. The van der Waals surface area contributed by atoms with E-state index in [1.165, 1.54) is 0 Å². The van der Waals surface area contributed by atoms with Crippen LogP contribution in [0, 0.1) is 0 Å². The number of morpholine rings is 2. The highest BCUT2D eigenvalue weighted by atomic mass is 16.5. The molecule has 0 bridgehead atoms. The van der Waals surface area contributed by atoms with Crippen molar-refractivity contribution in [3.05, 3.63) is 113 Å². The molecule has 4 fully saturated rings. The quantitative estimate of drug-likeness (QED) is 0.102. The second-order valence-corrected chi connectivity index (χ2v) is 18.1. The number of carbonyl (C=O) groups is 5. The van der Waals surface area contributed by atoms with E-state index in [2.05, 4.69) is 51.3 Å². The molecule has 0 unspecified atom stereocenters. The zero-order chi connectivity index (χ0) is 51.6. The number of pyridine rings is 1. The lowest BCUT2D eigenvalue weighted by Gasteiger charge is -2.33. The van der Waals surface area contributed by atoms with E-state index in [0.717, 1.165) is 43.1 Å². The molecule has 4 aliphatic heterocycles. The third-order valence-corrected chi connectivity index (χ3v) is 12.8. The standard InChI is InChI=1S/C30H31N9O4.C20H26N8O3/c31-26(40)25-27(33-22-8-5-19(6-9-22)29(42)38-13-15-43-16-14-38)35-30(37-36-25)39-12-2-4-23(18-39)34-28(41)21-7-10-24-20(17-21)3-1-11-32-24;21-14-2-1-7-28(12-14)20-24-18(16(17(22)29)25-26-20)23-15-5-3-13(4-6-15)19(30)27-8-10-31-11-9-27/h1,3,5-11,17,23H,2,4,12-16,18H2,(H2,31,40)(H,34,41)(H,33,35,37);3-6,14H,1-2,7-12,21H2,(H2,22,29)(H,23,24,26)/t23-;14-/m11/s1. The SMILES string of the molecule is NC(=O)c1nnc(N2CCC[C@@H](N)C2)nc1Nc1ccc(C(=O)N2CCOCC2)cc1.NC(=O)c1nnc(N2CCC[C@@H](NC(=O)c3ccc4ncccc4c3)C2)nc1Nc1ccc(C(=O)N2CCOCC2)cc1. The minimum Gasteiger partial charge on any atom is -0.378 e. The Labute approximate surface area is 425 Å². The number of nitrogens with two attached hydrogens (primary N) is 3. The molecule has 24 heteroatoms. The molecule has 4 aliphatic rings. The van der Waals surface area contributed by atoms with Gasteiger partial charge in [-0.1, -0.05) is 6.07 Å². The summed E-state index contributed by atoms with van der Waals surface area (Å²) in [6.45, 7) is 6.92. The van der Waals surface area contributed by atoms with Crippen molar-refractivity contribution >= 4 is 75.3 Å². The van der Waals surface area contributed by atoms with Crippen molar-refractivity contribution in [3.63, 3.8) is 0 Å². The van der Waals surface area contributed by atoms with Crippen molar-refractivity contribution in [1.82, 2.24) is 50.5 Å². The lowest BCUT2D eigenvalue weighted by Crippen LogP contribution is -2.48. The van der Waals surface area contributed by atoms with Crippen molar-refractivity contribution in [1.29, 1.82) is 0 Å². The number of rotatable bonds is 12. The van der Waals surface area contributed by atoms with E-state index in [1.807, 2.05) is 34.1 Å². The Morgan fingerprint density at radius 3 is 1.59 bits per heavy atom. The zero-order valence-corrected chi connectivity index (χ0v) is 40.6. The highest BCUT2D eigenvalue weighted by Crippen LogP contribution is 2.25. The first-order valence-electron chi connectivity index (χ1n) is 24.4. The second-order valence-electron chi connectivity index (χ2n) is 18.1. The number of fused-ring (bicyclic) bond motifs is 1. The van der Waals surface area contributed by atoms with Crippen molar-refractivity contribution in [2.24, 2.45) is 17.2 Å². The van der Waals surface area contributed by atoms with Gasteiger partial charge < -0.3 is 62.2 Å². The number of nitrogens with one attached hydrogen (secondary N) is 3. The fourth-order valence-electron chi connectivity index (χ4n) is 8.93.